The summed E-state index contributed by atoms with van der Waals surface area (Å²) < 4.78 is 0. The van der Waals surface area contributed by atoms with Crippen LogP contribution in [0.15, 0.2) is 0 Å². The first-order valence-electron chi connectivity index (χ1n) is 4.86. The standard InChI is InChI=1S/C10H19NO2/c1-8(12)7-11-5-4-10(2,3)6-9(11)13/h8,12H,4-7H2,1-3H3. The molecular formula is C10H19NO2. The highest BCUT2D eigenvalue weighted by molar-refractivity contribution is 5.77. The van der Waals surface area contributed by atoms with E-state index in [2.05, 4.69) is 13.8 Å². The van der Waals surface area contributed by atoms with Crippen LogP contribution in [0, 0.1) is 5.41 Å². The molecule has 1 N–H and O–H groups in total. The lowest BCUT2D eigenvalue weighted by molar-refractivity contribution is -0.138. The minimum atomic E-state index is -0.412. The van der Waals surface area contributed by atoms with Crippen molar-refractivity contribution in [1.29, 1.82) is 0 Å². The molecule has 0 aromatic heterocycles. The van der Waals surface area contributed by atoms with Gasteiger partial charge in [-0.3, -0.25) is 4.79 Å². The third kappa shape index (κ3) is 2.99. The van der Waals surface area contributed by atoms with Gasteiger partial charge in [-0.1, -0.05) is 13.8 Å². The fraction of sp³-hybridized carbons (Fsp3) is 0.900. The quantitative estimate of drug-likeness (QED) is 0.697. The van der Waals surface area contributed by atoms with Crippen molar-refractivity contribution in [2.45, 2.75) is 39.7 Å². The zero-order valence-corrected chi connectivity index (χ0v) is 8.71. The number of amides is 1. The fourth-order valence-electron chi connectivity index (χ4n) is 1.68. The Morgan fingerprint density at radius 1 is 1.62 bits per heavy atom. The lowest BCUT2D eigenvalue weighted by Gasteiger charge is -2.36. The summed E-state index contributed by atoms with van der Waals surface area (Å²) in [5.74, 6) is 0.178. The van der Waals surface area contributed by atoms with Gasteiger partial charge in [0.05, 0.1) is 6.10 Å². The SMILES string of the molecule is CC(O)CN1CCC(C)(C)CC1=O. The Balaban J connectivity index is 2.49. The second kappa shape index (κ2) is 3.66. The third-order valence-corrected chi connectivity index (χ3v) is 2.53. The molecule has 3 nitrogen and oxygen atoms in total. The molecule has 13 heavy (non-hydrogen) atoms. The van der Waals surface area contributed by atoms with Crippen LogP contribution in [0.2, 0.25) is 0 Å². The van der Waals surface area contributed by atoms with Crippen LogP contribution in [-0.4, -0.2) is 35.1 Å². The molecule has 0 radical (unpaired) electrons. The number of piperidine rings is 1. The van der Waals surface area contributed by atoms with Crippen molar-refractivity contribution in [3.63, 3.8) is 0 Å². The van der Waals surface area contributed by atoms with Gasteiger partial charge in [-0.15, -0.1) is 0 Å². The molecule has 0 aromatic carbocycles. The predicted octanol–water partition coefficient (Wildman–Crippen LogP) is 1.02. The topological polar surface area (TPSA) is 40.5 Å². The van der Waals surface area contributed by atoms with Crippen molar-refractivity contribution < 1.29 is 9.90 Å². The molecule has 76 valence electrons. The molecule has 3 heteroatoms. The summed E-state index contributed by atoms with van der Waals surface area (Å²) in [6.45, 7) is 7.22. The van der Waals surface area contributed by atoms with E-state index in [1.54, 1.807) is 11.8 Å². The summed E-state index contributed by atoms with van der Waals surface area (Å²) in [7, 11) is 0. The largest absolute Gasteiger partial charge is 0.392 e. The fourth-order valence-corrected chi connectivity index (χ4v) is 1.68. The number of aliphatic hydroxyl groups is 1. The summed E-state index contributed by atoms with van der Waals surface area (Å²) in [5, 5.41) is 9.16. The molecule has 1 fully saturated rings. The predicted molar refractivity (Wildman–Crippen MR) is 51.3 cm³/mol. The van der Waals surface area contributed by atoms with Crippen molar-refractivity contribution in [2.75, 3.05) is 13.1 Å². The highest BCUT2D eigenvalue weighted by Gasteiger charge is 2.31. The van der Waals surface area contributed by atoms with E-state index in [0.717, 1.165) is 13.0 Å². The minimum absolute atomic E-state index is 0.145. The highest BCUT2D eigenvalue weighted by Crippen LogP contribution is 2.30. The normalized spacial score (nSPS) is 24.6. The molecule has 0 saturated carbocycles. The van der Waals surface area contributed by atoms with Crippen LogP contribution in [0.3, 0.4) is 0 Å². The smallest absolute Gasteiger partial charge is 0.223 e. The van der Waals surface area contributed by atoms with Crippen LogP contribution in [0.4, 0.5) is 0 Å². The van der Waals surface area contributed by atoms with Crippen molar-refractivity contribution in [3.8, 4) is 0 Å². The van der Waals surface area contributed by atoms with Crippen LogP contribution < -0.4 is 0 Å². The van der Waals surface area contributed by atoms with Gasteiger partial charge in [0.1, 0.15) is 0 Å². The van der Waals surface area contributed by atoms with E-state index < -0.39 is 6.10 Å². The van der Waals surface area contributed by atoms with Gasteiger partial charge in [0, 0.05) is 19.5 Å². The number of carbonyl (C=O) groups is 1. The molecule has 1 heterocycles. The first-order valence-corrected chi connectivity index (χ1v) is 4.86. The Hall–Kier alpha value is -0.570. The number of hydrogen-bond acceptors (Lipinski definition) is 2. The van der Waals surface area contributed by atoms with Gasteiger partial charge in [-0.25, -0.2) is 0 Å². The van der Waals surface area contributed by atoms with E-state index in [-0.39, 0.29) is 11.3 Å². The van der Waals surface area contributed by atoms with Crippen LogP contribution >= 0.6 is 0 Å². The van der Waals surface area contributed by atoms with Crippen molar-refractivity contribution in [2.24, 2.45) is 5.41 Å². The average Bonchev–Trinajstić information content (AvgIpc) is 1.93. The first-order chi connectivity index (χ1) is 5.91. The van der Waals surface area contributed by atoms with E-state index in [1.165, 1.54) is 0 Å². The van der Waals surface area contributed by atoms with Crippen molar-refractivity contribution in [3.05, 3.63) is 0 Å². The molecule has 1 atom stereocenters. The first kappa shape index (κ1) is 10.5. The number of carbonyl (C=O) groups excluding carboxylic acids is 1. The molecular weight excluding hydrogens is 166 g/mol. The molecule has 1 saturated heterocycles. The second-order valence-electron chi connectivity index (χ2n) is 4.78. The summed E-state index contributed by atoms with van der Waals surface area (Å²) in [6, 6.07) is 0. The Kier molecular flexibility index (Phi) is 2.96. The molecule has 1 unspecified atom stereocenters. The zero-order valence-electron chi connectivity index (χ0n) is 8.71. The Labute approximate surface area is 79.7 Å². The van der Waals surface area contributed by atoms with Gasteiger partial charge in [0.2, 0.25) is 5.91 Å². The van der Waals surface area contributed by atoms with E-state index in [0.29, 0.717) is 13.0 Å². The summed E-state index contributed by atoms with van der Waals surface area (Å²) in [4.78, 5) is 13.3. The molecule has 1 rings (SSSR count). The maximum absolute atomic E-state index is 11.6. The van der Waals surface area contributed by atoms with E-state index in [9.17, 15) is 4.79 Å². The molecule has 0 bridgehead atoms. The summed E-state index contributed by atoms with van der Waals surface area (Å²) in [5.41, 5.74) is 0.145. The number of β-amino-alcohol motifs (C(OH)–C–C–N with tert-alkyl or cyclic N) is 1. The van der Waals surface area contributed by atoms with E-state index in [4.69, 9.17) is 5.11 Å². The maximum atomic E-state index is 11.6. The van der Waals surface area contributed by atoms with Gasteiger partial charge >= 0.3 is 0 Å². The monoisotopic (exact) mass is 185 g/mol. The van der Waals surface area contributed by atoms with E-state index in [1.807, 2.05) is 0 Å². The van der Waals surface area contributed by atoms with Crippen LogP contribution in [-0.2, 0) is 4.79 Å². The van der Waals surface area contributed by atoms with Gasteiger partial charge in [0.15, 0.2) is 0 Å². The van der Waals surface area contributed by atoms with Gasteiger partial charge < -0.3 is 10.0 Å². The Morgan fingerprint density at radius 3 is 2.69 bits per heavy atom. The Bertz CT molecular complexity index is 199. The lowest BCUT2D eigenvalue weighted by Crippen LogP contribution is -2.44. The summed E-state index contributed by atoms with van der Waals surface area (Å²) in [6.07, 6.45) is 1.23. The van der Waals surface area contributed by atoms with Crippen molar-refractivity contribution in [1.82, 2.24) is 4.90 Å². The number of hydrogen-bond donors (Lipinski definition) is 1. The number of rotatable bonds is 2. The highest BCUT2D eigenvalue weighted by atomic mass is 16.3. The summed E-state index contributed by atoms with van der Waals surface area (Å²) >= 11 is 0. The van der Waals surface area contributed by atoms with Crippen LogP contribution in [0.25, 0.3) is 0 Å². The lowest BCUT2D eigenvalue weighted by atomic mass is 9.82. The molecule has 0 spiro atoms. The number of aliphatic hydroxyl groups excluding tert-OH is 1. The number of nitrogens with zero attached hydrogens (tertiary/aromatic N) is 1. The third-order valence-electron chi connectivity index (χ3n) is 2.53. The van der Waals surface area contributed by atoms with Gasteiger partial charge in [0.25, 0.3) is 0 Å². The van der Waals surface area contributed by atoms with Gasteiger partial charge in [-0.2, -0.15) is 0 Å². The Morgan fingerprint density at radius 2 is 2.23 bits per heavy atom. The van der Waals surface area contributed by atoms with E-state index >= 15 is 0 Å². The second-order valence-corrected chi connectivity index (χ2v) is 4.78. The molecule has 0 aliphatic carbocycles. The maximum Gasteiger partial charge on any atom is 0.223 e. The molecule has 0 aromatic rings. The van der Waals surface area contributed by atoms with Crippen molar-refractivity contribution >= 4 is 5.91 Å². The molecule has 1 amide bonds. The van der Waals surface area contributed by atoms with Gasteiger partial charge in [-0.05, 0) is 18.8 Å². The minimum Gasteiger partial charge on any atom is -0.392 e. The molecule has 1 aliphatic rings. The average molecular weight is 185 g/mol. The zero-order chi connectivity index (χ0) is 10.1. The number of likely N-dealkylation sites (tertiary alicyclic amines) is 1. The van der Waals surface area contributed by atoms with Crippen LogP contribution in [0.1, 0.15) is 33.6 Å². The van der Waals surface area contributed by atoms with Crippen LogP contribution in [0.5, 0.6) is 0 Å². The molecule has 1 aliphatic heterocycles.